The van der Waals surface area contributed by atoms with E-state index in [0.717, 1.165) is 24.9 Å². The molecule has 2 aromatic rings. The summed E-state index contributed by atoms with van der Waals surface area (Å²) in [6, 6.07) is 14.6. The molecule has 2 aromatic carbocycles. The summed E-state index contributed by atoms with van der Waals surface area (Å²) in [5.74, 6) is -0.227. The van der Waals surface area contributed by atoms with Crippen molar-refractivity contribution >= 4 is 10.0 Å². The van der Waals surface area contributed by atoms with Crippen LogP contribution in [0.15, 0.2) is 48.5 Å². The van der Waals surface area contributed by atoms with Crippen LogP contribution in [0.25, 0.3) is 11.1 Å². The van der Waals surface area contributed by atoms with Crippen molar-refractivity contribution < 1.29 is 12.8 Å². The van der Waals surface area contributed by atoms with Gasteiger partial charge in [-0.05, 0) is 30.4 Å². The van der Waals surface area contributed by atoms with Crippen molar-refractivity contribution in [2.75, 3.05) is 12.8 Å². The average Bonchev–Trinajstić information content (AvgIpc) is 3.32. The molecule has 26 heavy (non-hydrogen) atoms. The van der Waals surface area contributed by atoms with Crippen LogP contribution in [0.2, 0.25) is 0 Å². The summed E-state index contributed by atoms with van der Waals surface area (Å²) in [4.78, 5) is 0. The molecule has 6 heteroatoms. The Morgan fingerprint density at radius 1 is 1.15 bits per heavy atom. The number of halogens is 1. The minimum atomic E-state index is -3.31. The molecule has 2 N–H and O–H groups in total. The molecule has 2 atom stereocenters. The molecule has 1 spiro atoms. The zero-order chi connectivity index (χ0) is 18.4. The lowest BCUT2D eigenvalue weighted by molar-refractivity contribution is 0.407. The van der Waals surface area contributed by atoms with Gasteiger partial charge in [-0.1, -0.05) is 48.5 Å². The topological polar surface area (TPSA) is 58.2 Å². The van der Waals surface area contributed by atoms with E-state index in [9.17, 15) is 8.42 Å². The molecule has 0 aromatic heterocycles. The summed E-state index contributed by atoms with van der Waals surface area (Å²) < 4.78 is 41.5. The third kappa shape index (κ3) is 3.41. The third-order valence-electron chi connectivity index (χ3n) is 5.62. The summed E-state index contributed by atoms with van der Waals surface area (Å²) in [6.07, 6.45) is 3.67. The summed E-state index contributed by atoms with van der Waals surface area (Å²) in [5, 5.41) is 3.42. The number of rotatable bonds is 5. The van der Waals surface area contributed by atoms with Crippen molar-refractivity contribution in [1.82, 2.24) is 10.0 Å². The molecule has 4 rings (SSSR count). The lowest BCUT2D eigenvalue weighted by Crippen LogP contribution is -2.47. The Morgan fingerprint density at radius 2 is 1.88 bits per heavy atom. The van der Waals surface area contributed by atoms with E-state index in [1.807, 2.05) is 36.4 Å². The molecule has 2 unspecified atom stereocenters. The maximum atomic E-state index is 15.1. The molecule has 1 heterocycles. The first-order valence-electron chi connectivity index (χ1n) is 8.91. The van der Waals surface area contributed by atoms with Gasteiger partial charge < -0.3 is 5.32 Å². The normalized spacial score (nSPS) is 24.1. The van der Waals surface area contributed by atoms with Crippen LogP contribution in [-0.4, -0.2) is 33.3 Å². The van der Waals surface area contributed by atoms with Crippen LogP contribution in [0.4, 0.5) is 4.39 Å². The van der Waals surface area contributed by atoms with Gasteiger partial charge in [0.15, 0.2) is 0 Å². The lowest BCUT2D eigenvalue weighted by Gasteiger charge is -2.24. The van der Waals surface area contributed by atoms with Crippen molar-refractivity contribution in [1.29, 1.82) is 0 Å². The van der Waals surface area contributed by atoms with E-state index >= 15 is 4.39 Å². The molecule has 1 aliphatic heterocycles. The molecule has 1 saturated heterocycles. The second-order valence-electron chi connectivity index (χ2n) is 7.57. The van der Waals surface area contributed by atoms with Crippen molar-refractivity contribution in [3.8, 4) is 11.1 Å². The van der Waals surface area contributed by atoms with Gasteiger partial charge in [0, 0.05) is 29.6 Å². The number of hydrogen-bond acceptors (Lipinski definition) is 3. The van der Waals surface area contributed by atoms with Crippen LogP contribution >= 0.6 is 0 Å². The molecule has 0 bridgehead atoms. The first-order valence-corrected chi connectivity index (χ1v) is 10.8. The van der Waals surface area contributed by atoms with Gasteiger partial charge in [0.05, 0.1) is 6.26 Å². The van der Waals surface area contributed by atoms with Gasteiger partial charge in [0.2, 0.25) is 10.0 Å². The Labute approximate surface area is 153 Å². The predicted octanol–water partition coefficient (Wildman–Crippen LogP) is 2.71. The molecular weight excluding hydrogens is 351 g/mol. The van der Waals surface area contributed by atoms with Crippen LogP contribution in [-0.2, 0) is 16.4 Å². The number of nitrogens with one attached hydrogen (secondary N) is 2. The van der Waals surface area contributed by atoms with Gasteiger partial charge in [-0.3, -0.25) is 0 Å². The first kappa shape index (κ1) is 17.6. The number of benzene rings is 2. The fraction of sp³-hybridized carbons (Fsp3) is 0.400. The highest BCUT2D eigenvalue weighted by Crippen LogP contribution is 2.52. The van der Waals surface area contributed by atoms with Gasteiger partial charge in [-0.2, -0.15) is 0 Å². The van der Waals surface area contributed by atoms with Gasteiger partial charge in [-0.15, -0.1) is 0 Å². The number of sulfonamides is 1. The zero-order valence-electron chi connectivity index (χ0n) is 14.7. The Balaban J connectivity index is 1.61. The third-order valence-corrected chi connectivity index (χ3v) is 6.30. The maximum Gasteiger partial charge on any atom is 0.209 e. The highest BCUT2D eigenvalue weighted by atomic mass is 32.2. The monoisotopic (exact) mass is 374 g/mol. The first-order chi connectivity index (χ1) is 12.4. The van der Waals surface area contributed by atoms with Crippen molar-refractivity contribution in [2.45, 2.75) is 31.3 Å². The predicted molar refractivity (Wildman–Crippen MR) is 101 cm³/mol. The van der Waals surface area contributed by atoms with E-state index in [1.54, 1.807) is 12.1 Å². The van der Waals surface area contributed by atoms with Gasteiger partial charge in [-0.25, -0.2) is 17.5 Å². The quantitative estimate of drug-likeness (QED) is 0.846. The zero-order valence-corrected chi connectivity index (χ0v) is 15.5. The van der Waals surface area contributed by atoms with Crippen LogP contribution in [0.1, 0.15) is 18.4 Å². The average molecular weight is 374 g/mol. The van der Waals surface area contributed by atoms with Crippen molar-refractivity contribution in [2.24, 2.45) is 5.41 Å². The van der Waals surface area contributed by atoms with E-state index in [4.69, 9.17) is 0 Å². The Hall–Kier alpha value is -1.76. The van der Waals surface area contributed by atoms with Crippen LogP contribution in [0, 0.1) is 11.2 Å². The smallest absolute Gasteiger partial charge is 0.209 e. The fourth-order valence-corrected chi connectivity index (χ4v) is 4.96. The van der Waals surface area contributed by atoms with Gasteiger partial charge in [0.25, 0.3) is 0 Å². The fourth-order valence-electron chi connectivity index (χ4n) is 4.08. The van der Waals surface area contributed by atoms with E-state index < -0.39 is 10.0 Å². The van der Waals surface area contributed by atoms with Crippen LogP contribution in [0.5, 0.6) is 0 Å². The molecule has 2 fully saturated rings. The molecule has 4 nitrogen and oxygen atoms in total. The molecule has 138 valence electrons. The number of hydrogen-bond donors (Lipinski definition) is 2. The molecule has 0 amide bonds. The molecule has 0 radical (unpaired) electrons. The van der Waals surface area contributed by atoms with Gasteiger partial charge in [0.1, 0.15) is 5.82 Å². The Kier molecular flexibility index (Phi) is 4.37. The SMILES string of the molecule is CS(=O)(=O)NC1C(Cc2cccc(-c3ccccc3)c2F)NCC12CC2. The lowest BCUT2D eigenvalue weighted by atomic mass is 9.91. The largest absolute Gasteiger partial charge is 0.311 e. The van der Waals surface area contributed by atoms with Crippen LogP contribution in [0.3, 0.4) is 0 Å². The Morgan fingerprint density at radius 3 is 2.54 bits per heavy atom. The summed E-state index contributed by atoms with van der Waals surface area (Å²) in [5.41, 5.74) is 2.04. The Bertz CT molecular complexity index is 911. The van der Waals surface area contributed by atoms with Crippen molar-refractivity contribution in [3.63, 3.8) is 0 Å². The second-order valence-corrected chi connectivity index (χ2v) is 9.35. The molecule has 1 aliphatic carbocycles. The van der Waals surface area contributed by atoms with Gasteiger partial charge >= 0.3 is 0 Å². The maximum absolute atomic E-state index is 15.1. The minimum Gasteiger partial charge on any atom is -0.311 e. The summed E-state index contributed by atoms with van der Waals surface area (Å²) in [7, 11) is -3.31. The molecular formula is C20H23FN2O2S. The molecule has 2 aliphatic rings. The highest BCUT2D eigenvalue weighted by molar-refractivity contribution is 7.88. The van der Waals surface area contributed by atoms with E-state index in [-0.39, 0.29) is 23.3 Å². The van der Waals surface area contributed by atoms with E-state index in [0.29, 0.717) is 17.5 Å². The van der Waals surface area contributed by atoms with Crippen molar-refractivity contribution in [3.05, 3.63) is 59.9 Å². The summed E-state index contributed by atoms with van der Waals surface area (Å²) >= 11 is 0. The van der Waals surface area contributed by atoms with E-state index in [2.05, 4.69) is 10.0 Å². The standard InChI is InChI=1S/C20H23FN2O2S/c1-26(24,25)23-19-17(22-13-20(19)10-11-20)12-15-8-5-9-16(18(15)21)14-6-3-2-4-7-14/h2-9,17,19,22-23H,10-13H2,1H3. The van der Waals surface area contributed by atoms with E-state index in [1.165, 1.54) is 6.26 Å². The summed E-state index contributed by atoms with van der Waals surface area (Å²) in [6.45, 7) is 0.783. The molecule has 1 saturated carbocycles. The minimum absolute atomic E-state index is 0.00125. The highest BCUT2D eigenvalue weighted by Gasteiger charge is 2.56. The second kappa shape index (κ2) is 6.44. The van der Waals surface area contributed by atoms with Crippen LogP contribution < -0.4 is 10.0 Å².